The molecule has 2 amide bonds. The normalized spacial score (nSPS) is 14.0. The molecule has 0 saturated heterocycles. The predicted molar refractivity (Wildman–Crippen MR) is 76.5 cm³/mol. The monoisotopic (exact) mass is 250 g/mol. The van der Waals surface area contributed by atoms with Crippen LogP contribution in [0.1, 0.15) is 11.1 Å². The maximum Gasteiger partial charge on any atom is 0.326 e. The maximum absolute atomic E-state index is 12.1. The van der Waals surface area contributed by atoms with E-state index in [0.717, 1.165) is 22.5 Å². The summed E-state index contributed by atoms with van der Waals surface area (Å²) in [7, 11) is 0. The van der Waals surface area contributed by atoms with Gasteiger partial charge in [-0.15, -0.1) is 0 Å². The van der Waals surface area contributed by atoms with E-state index in [4.69, 9.17) is 0 Å². The molecule has 0 aromatic heterocycles. The molecule has 0 bridgehead atoms. The number of hydrogen-bond donors (Lipinski definition) is 1. The molecule has 1 heterocycles. The number of para-hydroxylation sites is 1. The van der Waals surface area contributed by atoms with Crippen LogP contribution in [0.4, 0.5) is 10.5 Å². The van der Waals surface area contributed by atoms with Gasteiger partial charge in [0.05, 0.1) is 12.2 Å². The molecule has 0 saturated carbocycles. The molecule has 2 aromatic rings. The van der Waals surface area contributed by atoms with Gasteiger partial charge in [-0.25, -0.2) is 4.79 Å². The van der Waals surface area contributed by atoms with Crippen LogP contribution in [-0.4, -0.2) is 10.9 Å². The van der Waals surface area contributed by atoms with E-state index < -0.39 is 0 Å². The average molecular weight is 250 g/mol. The third kappa shape index (κ3) is 2.10. The quantitative estimate of drug-likeness (QED) is 0.865. The lowest BCUT2D eigenvalue weighted by atomic mass is 10.1. The summed E-state index contributed by atoms with van der Waals surface area (Å²) in [5, 5.41) is 2.89. The van der Waals surface area contributed by atoms with Crippen molar-refractivity contribution in [2.75, 3.05) is 5.32 Å². The minimum Gasteiger partial charge on any atom is -0.307 e. The Labute approximate surface area is 112 Å². The van der Waals surface area contributed by atoms with Crippen LogP contribution in [0.25, 0.3) is 5.70 Å². The Morgan fingerprint density at radius 3 is 2.47 bits per heavy atom. The summed E-state index contributed by atoms with van der Waals surface area (Å²) in [6.07, 6.45) is 0. The van der Waals surface area contributed by atoms with Crippen molar-refractivity contribution in [1.29, 1.82) is 0 Å². The molecule has 19 heavy (non-hydrogen) atoms. The number of carbonyl (C=O) groups excluding carboxylic acids is 1. The van der Waals surface area contributed by atoms with Gasteiger partial charge in [0.25, 0.3) is 0 Å². The van der Waals surface area contributed by atoms with Crippen LogP contribution >= 0.6 is 0 Å². The number of anilines is 1. The van der Waals surface area contributed by atoms with E-state index >= 15 is 0 Å². The molecule has 1 N–H and O–H groups in total. The number of nitrogens with one attached hydrogen (secondary N) is 1. The van der Waals surface area contributed by atoms with Gasteiger partial charge < -0.3 is 5.32 Å². The van der Waals surface area contributed by atoms with Crippen LogP contribution in [-0.2, 0) is 6.54 Å². The van der Waals surface area contributed by atoms with Gasteiger partial charge in [-0.2, -0.15) is 0 Å². The molecule has 0 radical (unpaired) electrons. The summed E-state index contributed by atoms with van der Waals surface area (Å²) in [5.41, 5.74) is 3.61. The highest BCUT2D eigenvalue weighted by Crippen LogP contribution is 2.31. The highest BCUT2D eigenvalue weighted by molar-refractivity contribution is 6.02. The van der Waals surface area contributed by atoms with E-state index in [1.54, 1.807) is 4.90 Å². The minimum absolute atomic E-state index is 0.132. The highest BCUT2D eigenvalue weighted by atomic mass is 16.2. The Bertz CT molecular complexity index is 634. The van der Waals surface area contributed by atoms with Gasteiger partial charge in [0, 0.05) is 11.3 Å². The van der Waals surface area contributed by atoms with Crippen LogP contribution in [0.3, 0.4) is 0 Å². The maximum atomic E-state index is 12.1. The largest absolute Gasteiger partial charge is 0.326 e. The van der Waals surface area contributed by atoms with Gasteiger partial charge >= 0.3 is 6.03 Å². The van der Waals surface area contributed by atoms with Crippen molar-refractivity contribution in [3.63, 3.8) is 0 Å². The van der Waals surface area contributed by atoms with Crippen LogP contribution in [0, 0.1) is 0 Å². The molecule has 2 aromatic carbocycles. The Morgan fingerprint density at radius 2 is 1.68 bits per heavy atom. The van der Waals surface area contributed by atoms with Crippen LogP contribution in [0.5, 0.6) is 0 Å². The summed E-state index contributed by atoms with van der Waals surface area (Å²) in [6, 6.07) is 17.5. The Balaban J connectivity index is 1.92. The van der Waals surface area contributed by atoms with Crippen LogP contribution < -0.4 is 5.32 Å². The lowest BCUT2D eigenvalue weighted by Gasteiger charge is -2.31. The zero-order valence-electron chi connectivity index (χ0n) is 10.5. The van der Waals surface area contributed by atoms with E-state index in [1.807, 2.05) is 54.6 Å². The number of fused-ring (bicyclic) bond motifs is 1. The Morgan fingerprint density at radius 1 is 1.00 bits per heavy atom. The molecule has 3 rings (SSSR count). The number of amides is 2. The van der Waals surface area contributed by atoms with Gasteiger partial charge in [0.1, 0.15) is 0 Å². The van der Waals surface area contributed by atoms with Crippen molar-refractivity contribution < 1.29 is 4.79 Å². The van der Waals surface area contributed by atoms with Crippen molar-refractivity contribution in [3.8, 4) is 0 Å². The molecule has 1 aliphatic rings. The van der Waals surface area contributed by atoms with Crippen LogP contribution in [0.15, 0.2) is 61.2 Å². The van der Waals surface area contributed by atoms with E-state index in [-0.39, 0.29) is 6.03 Å². The van der Waals surface area contributed by atoms with Gasteiger partial charge in [-0.05, 0) is 11.6 Å². The average Bonchev–Trinajstić information content (AvgIpc) is 2.45. The van der Waals surface area contributed by atoms with Gasteiger partial charge in [-0.3, -0.25) is 4.90 Å². The third-order valence-electron chi connectivity index (χ3n) is 3.23. The second-order valence-electron chi connectivity index (χ2n) is 4.49. The SMILES string of the molecule is C=C1c2ccccc2NC(=O)N1Cc1ccccc1. The fraction of sp³-hybridized carbons (Fsp3) is 0.0625. The third-order valence-corrected chi connectivity index (χ3v) is 3.23. The van der Waals surface area contributed by atoms with E-state index in [0.29, 0.717) is 6.54 Å². The second kappa shape index (κ2) is 4.61. The number of urea groups is 1. The molecule has 0 spiro atoms. The van der Waals surface area contributed by atoms with E-state index in [9.17, 15) is 4.79 Å². The summed E-state index contributed by atoms with van der Waals surface area (Å²) in [6.45, 7) is 4.58. The molecule has 0 atom stereocenters. The topological polar surface area (TPSA) is 32.3 Å². The first-order valence-electron chi connectivity index (χ1n) is 6.16. The van der Waals surface area contributed by atoms with Gasteiger partial charge in [0.15, 0.2) is 0 Å². The van der Waals surface area contributed by atoms with Gasteiger partial charge in [-0.1, -0.05) is 55.1 Å². The predicted octanol–water partition coefficient (Wildman–Crippen LogP) is 3.71. The van der Waals surface area contributed by atoms with E-state index in [2.05, 4.69) is 11.9 Å². The molecular weight excluding hydrogens is 236 g/mol. The Kier molecular flexibility index (Phi) is 2.80. The molecule has 0 unspecified atom stereocenters. The number of benzene rings is 2. The molecule has 0 fully saturated rings. The van der Waals surface area contributed by atoms with Crippen molar-refractivity contribution in [2.45, 2.75) is 6.54 Å². The smallest absolute Gasteiger partial charge is 0.307 e. The zero-order chi connectivity index (χ0) is 13.2. The van der Waals surface area contributed by atoms with Crippen molar-refractivity contribution in [2.24, 2.45) is 0 Å². The van der Waals surface area contributed by atoms with Crippen LogP contribution in [0.2, 0.25) is 0 Å². The molecule has 3 nitrogen and oxygen atoms in total. The number of rotatable bonds is 2. The first kappa shape index (κ1) is 11.5. The standard InChI is InChI=1S/C16H14N2O/c1-12-14-9-5-6-10-15(14)17-16(19)18(12)11-13-7-3-2-4-8-13/h2-10H,1,11H2,(H,17,19). The highest BCUT2D eigenvalue weighted by Gasteiger charge is 2.25. The number of carbonyl (C=O) groups is 1. The first-order chi connectivity index (χ1) is 9.25. The molecule has 1 aliphatic heterocycles. The van der Waals surface area contributed by atoms with Crippen molar-refractivity contribution in [1.82, 2.24) is 4.90 Å². The molecular formula is C16H14N2O. The minimum atomic E-state index is -0.132. The molecule has 94 valence electrons. The lowest BCUT2D eigenvalue weighted by molar-refractivity contribution is 0.229. The molecule has 3 heteroatoms. The molecule has 0 aliphatic carbocycles. The Hall–Kier alpha value is -2.55. The van der Waals surface area contributed by atoms with Crippen molar-refractivity contribution in [3.05, 3.63) is 72.3 Å². The summed E-state index contributed by atoms with van der Waals surface area (Å²) >= 11 is 0. The van der Waals surface area contributed by atoms with E-state index in [1.165, 1.54) is 0 Å². The lowest BCUT2D eigenvalue weighted by Crippen LogP contribution is -2.36. The zero-order valence-corrected chi connectivity index (χ0v) is 10.5. The van der Waals surface area contributed by atoms with Gasteiger partial charge in [0.2, 0.25) is 0 Å². The number of hydrogen-bond acceptors (Lipinski definition) is 1. The number of nitrogens with zero attached hydrogens (tertiary/aromatic N) is 1. The fourth-order valence-electron chi connectivity index (χ4n) is 2.23. The summed E-state index contributed by atoms with van der Waals surface area (Å²) in [5.74, 6) is 0. The fourth-order valence-corrected chi connectivity index (χ4v) is 2.23. The van der Waals surface area contributed by atoms with Crippen molar-refractivity contribution >= 4 is 17.4 Å². The first-order valence-corrected chi connectivity index (χ1v) is 6.16. The summed E-state index contributed by atoms with van der Waals surface area (Å²) < 4.78 is 0. The second-order valence-corrected chi connectivity index (χ2v) is 4.49. The summed E-state index contributed by atoms with van der Waals surface area (Å²) in [4.78, 5) is 13.8.